The fraction of sp³-hybridized carbons (Fsp3) is 0.682. The van der Waals surface area contributed by atoms with E-state index in [0.29, 0.717) is 12.3 Å². The van der Waals surface area contributed by atoms with Crippen LogP contribution in [-0.2, 0) is 21.4 Å². The molecule has 1 aromatic rings. The van der Waals surface area contributed by atoms with E-state index >= 15 is 0 Å². The van der Waals surface area contributed by atoms with Gasteiger partial charge in [0.2, 0.25) is 10.0 Å². The van der Waals surface area contributed by atoms with Crippen LogP contribution in [0.4, 0.5) is 0 Å². The summed E-state index contributed by atoms with van der Waals surface area (Å²) in [6, 6.07) is 10.4. The number of rotatable bonds is 6. The molecule has 5 nitrogen and oxygen atoms in total. The molecule has 1 heterocycles. The molecule has 6 heteroatoms. The van der Waals surface area contributed by atoms with Crippen molar-refractivity contribution < 1.29 is 13.2 Å². The van der Waals surface area contributed by atoms with Gasteiger partial charge in [-0.15, -0.1) is 0 Å². The van der Waals surface area contributed by atoms with Crippen LogP contribution in [0.2, 0.25) is 0 Å². The van der Waals surface area contributed by atoms with Gasteiger partial charge in [-0.1, -0.05) is 44.2 Å². The van der Waals surface area contributed by atoms with Gasteiger partial charge in [0.1, 0.15) is 5.78 Å². The summed E-state index contributed by atoms with van der Waals surface area (Å²) in [6.45, 7) is 6.87. The highest BCUT2D eigenvalue weighted by molar-refractivity contribution is 7.89. The Morgan fingerprint density at radius 2 is 1.79 bits per heavy atom. The lowest BCUT2D eigenvalue weighted by atomic mass is 9.70. The third-order valence-corrected chi connectivity index (χ3v) is 9.32. The van der Waals surface area contributed by atoms with Gasteiger partial charge in [-0.2, -0.15) is 0 Å². The highest BCUT2D eigenvalue weighted by Gasteiger charge is 2.65. The highest BCUT2D eigenvalue weighted by Crippen LogP contribution is 2.64. The first-order valence-electron chi connectivity index (χ1n) is 10.5. The molecular formula is C22H32N2O3S. The molecule has 0 amide bonds. The van der Waals surface area contributed by atoms with E-state index in [-0.39, 0.29) is 23.0 Å². The second-order valence-corrected chi connectivity index (χ2v) is 11.3. The first-order valence-corrected chi connectivity index (χ1v) is 12.2. The van der Waals surface area contributed by atoms with Crippen molar-refractivity contribution in [1.29, 1.82) is 0 Å². The smallest absolute Gasteiger partial charge is 0.212 e. The van der Waals surface area contributed by atoms with E-state index in [1.807, 2.05) is 6.07 Å². The average Bonchev–Trinajstić information content (AvgIpc) is 2.98. The summed E-state index contributed by atoms with van der Waals surface area (Å²) in [5.41, 5.74) is 0.397. The third-order valence-electron chi connectivity index (χ3n) is 7.76. The van der Waals surface area contributed by atoms with Crippen molar-refractivity contribution >= 4 is 15.8 Å². The summed E-state index contributed by atoms with van der Waals surface area (Å²) in [6.07, 6.45) is 3.89. The Bertz CT molecular complexity index is 829. The van der Waals surface area contributed by atoms with Gasteiger partial charge in [-0.05, 0) is 42.6 Å². The van der Waals surface area contributed by atoms with Gasteiger partial charge in [0.25, 0.3) is 0 Å². The van der Waals surface area contributed by atoms with Crippen molar-refractivity contribution in [3.63, 3.8) is 0 Å². The van der Waals surface area contributed by atoms with E-state index in [1.54, 1.807) is 0 Å². The van der Waals surface area contributed by atoms with Crippen LogP contribution in [0.25, 0.3) is 0 Å². The van der Waals surface area contributed by atoms with E-state index in [9.17, 15) is 13.2 Å². The molecule has 1 aromatic carbocycles. The van der Waals surface area contributed by atoms with Crippen LogP contribution in [-0.4, -0.2) is 44.0 Å². The van der Waals surface area contributed by atoms with E-state index < -0.39 is 15.4 Å². The van der Waals surface area contributed by atoms with Gasteiger partial charge in [0.05, 0.1) is 5.75 Å². The van der Waals surface area contributed by atoms with Gasteiger partial charge in [-0.3, -0.25) is 9.69 Å². The number of carbonyl (C=O) groups excluding carboxylic acids is 1. The zero-order valence-corrected chi connectivity index (χ0v) is 17.8. The Labute approximate surface area is 168 Å². The molecule has 2 atom stereocenters. The molecule has 154 valence electrons. The predicted octanol–water partition coefficient (Wildman–Crippen LogP) is 2.97. The van der Waals surface area contributed by atoms with Gasteiger partial charge in [0.15, 0.2) is 0 Å². The maximum absolute atomic E-state index is 13.0. The van der Waals surface area contributed by atoms with Crippen molar-refractivity contribution in [2.45, 2.75) is 58.5 Å². The Balaban J connectivity index is 1.34. The molecule has 0 aromatic heterocycles. The fourth-order valence-electron chi connectivity index (χ4n) is 5.78. The Kier molecular flexibility index (Phi) is 5.17. The van der Waals surface area contributed by atoms with Crippen LogP contribution in [0.15, 0.2) is 30.3 Å². The monoisotopic (exact) mass is 404 g/mol. The third kappa shape index (κ3) is 3.55. The van der Waals surface area contributed by atoms with Crippen LogP contribution >= 0.6 is 0 Å². The van der Waals surface area contributed by atoms with Crippen LogP contribution in [0, 0.1) is 16.7 Å². The Morgan fingerprint density at radius 3 is 2.36 bits per heavy atom. The minimum atomic E-state index is -3.48. The quantitative estimate of drug-likeness (QED) is 0.792. The molecule has 1 saturated heterocycles. The molecule has 0 radical (unpaired) electrons. The summed E-state index contributed by atoms with van der Waals surface area (Å²) in [5, 5.41) is 0. The normalized spacial score (nSPS) is 30.8. The zero-order valence-electron chi connectivity index (χ0n) is 17.0. The topological polar surface area (TPSA) is 66.5 Å². The maximum Gasteiger partial charge on any atom is 0.212 e. The second-order valence-electron chi connectivity index (χ2n) is 9.58. The zero-order chi connectivity index (χ0) is 20.0. The molecular weight excluding hydrogens is 372 g/mol. The number of hydrogen-bond acceptors (Lipinski definition) is 4. The first kappa shape index (κ1) is 20.0. The molecule has 1 N–H and O–H groups in total. The van der Waals surface area contributed by atoms with Crippen molar-refractivity contribution in [2.24, 2.45) is 16.7 Å². The largest absolute Gasteiger partial charge is 0.299 e. The molecule has 28 heavy (non-hydrogen) atoms. The van der Waals surface area contributed by atoms with E-state index in [1.165, 1.54) is 5.56 Å². The SMILES string of the molecule is CC1(C)[C@@H]2CC[C@]1(CS(=O)(=O)NC1CCN(Cc3ccccc3)CC1)C(=O)C2. The number of carbonyl (C=O) groups is 1. The van der Waals surface area contributed by atoms with Crippen molar-refractivity contribution in [2.75, 3.05) is 18.8 Å². The van der Waals surface area contributed by atoms with Gasteiger partial charge in [-0.25, -0.2) is 13.1 Å². The lowest BCUT2D eigenvalue weighted by Crippen LogP contribution is -2.49. The number of Topliss-reactive ketones (excluding diaryl/α,β-unsaturated/α-hetero) is 1. The summed E-state index contributed by atoms with van der Waals surface area (Å²) in [5.74, 6) is 0.472. The van der Waals surface area contributed by atoms with E-state index in [4.69, 9.17) is 0 Å². The number of nitrogens with one attached hydrogen (secondary N) is 1. The van der Waals surface area contributed by atoms with Gasteiger partial charge >= 0.3 is 0 Å². The number of nitrogens with zero attached hydrogens (tertiary/aromatic N) is 1. The lowest BCUT2D eigenvalue weighted by Gasteiger charge is -2.37. The first-order chi connectivity index (χ1) is 13.2. The lowest BCUT2D eigenvalue weighted by molar-refractivity contribution is -0.128. The van der Waals surface area contributed by atoms with Crippen molar-refractivity contribution in [1.82, 2.24) is 9.62 Å². The predicted molar refractivity (Wildman–Crippen MR) is 110 cm³/mol. The molecule has 2 bridgehead atoms. The van der Waals surface area contributed by atoms with Gasteiger partial charge < -0.3 is 0 Å². The fourth-order valence-corrected chi connectivity index (χ4v) is 7.93. The number of ketones is 1. The number of sulfonamides is 1. The van der Waals surface area contributed by atoms with Crippen molar-refractivity contribution in [3.05, 3.63) is 35.9 Å². The van der Waals surface area contributed by atoms with Crippen LogP contribution in [0.5, 0.6) is 0 Å². The molecule has 2 saturated carbocycles. The van der Waals surface area contributed by atoms with Gasteiger partial charge in [0, 0.05) is 37.5 Å². The number of hydrogen-bond donors (Lipinski definition) is 1. The molecule has 3 aliphatic rings. The molecule has 3 fully saturated rings. The number of benzene rings is 1. The second kappa shape index (κ2) is 7.22. The molecule has 0 unspecified atom stereocenters. The average molecular weight is 405 g/mol. The van der Waals surface area contributed by atoms with Crippen LogP contribution < -0.4 is 4.72 Å². The summed E-state index contributed by atoms with van der Waals surface area (Å²) in [7, 11) is -3.48. The Hall–Kier alpha value is -1.24. The minimum Gasteiger partial charge on any atom is -0.299 e. The molecule has 0 spiro atoms. The van der Waals surface area contributed by atoms with Crippen molar-refractivity contribution in [3.8, 4) is 0 Å². The maximum atomic E-state index is 13.0. The van der Waals surface area contributed by atoms with Crippen LogP contribution in [0.1, 0.15) is 51.5 Å². The summed E-state index contributed by atoms with van der Waals surface area (Å²) in [4.78, 5) is 15.0. The molecule has 1 aliphatic heterocycles. The molecule has 4 rings (SSSR count). The Morgan fingerprint density at radius 1 is 1.11 bits per heavy atom. The number of fused-ring (bicyclic) bond motifs is 2. The van der Waals surface area contributed by atoms with Crippen LogP contribution in [0.3, 0.4) is 0 Å². The van der Waals surface area contributed by atoms with E-state index in [0.717, 1.165) is 45.3 Å². The standard InChI is InChI=1S/C22H32N2O3S/c1-21(2)18-8-11-22(21,20(25)14-18)16-28(26,27)23-19-9-12-24(13-10-19)15-17-6-4-3-5-7-17/h3-7,18-19,23H,8-16H2,1-2H3/t18-,22+/m1/s1. The summed E-state index contributed by atoms with van der Waals surface area (Å²) < 4.78 is 28.9. The molecule has 2 aliphatic carbocycles. The number of likely N-dealkylation sites (tertiary alicyclic amines) is 1. The number of piperidine rings is 1. The van der Waals surface area contributed by atoms with E-state index in [2.05, 4.69) is 47.7 Å². The highest BCUT2D eigenvalue weighted by atomic mass is 32.2. The summed E-state index contributed by atoms with van der Waals surface area (Å²) >= 11 is 0. The minimum absolute atomic E-state index is 0.0229.